The molecule has 0 bridgehead atoms. The lowest BCUT2D eigenvalue weighted by atomic mass is 9.93. The molecule has 1 atom stereocenters. The molecule has 1 heterocycles. The van der Waals surface area contributed by atoms with Crippen molar-refractivity contribution in [1.82, 2.24) is 5.32 Å². The summed E-state index contributed by atoms with van der Waals surface area (Å²) in [5.74, 6) is 0.973. The van der Waals surface area contributed by atoms with Crippen LogP contribution in [0.1, 0.15) is 30.5 Å². The Morgan fingerprint density at radius 2 is 2.36 bits per heavy atom. The monoisotopic (exact) mass is 191 g/mol. The van der Waals surface area contributed by atoms with Crippen molar-refractivity contribution >= 4 is 0 Å². The molecule has 0 amide bonds. The Kier molecular flexibility index (Phi) is 2.73. The number of hydrogen-bond acceptors (Lipinski definition) is 2. The van der Waals surface area contributed by atoms with E-state index in [2.05, 4.69) is 30.4 Å². The van der Waals surface area contributed by atoms with Crippen molar-refractivity contribution in [3.05, 3.63) is 29.3 Å². The van der Waals surface area contributed by atoms with E-state index in [9.17, 15) is 0 Å². The van der Waals surface area contributed by atoms with Gasteiger partial charge in [-0.1, -0.05) is 13.0 Å². The van der Waals surface area contributed by atoms with Gasteiger partial charge in [0.15, 0.2) is 0 Å². The smallest absolute Gasteiger partial charge is 0.119 e. The Morgan fingerprint density at radius 1 is 1.50 bits per heavy atom. The highest BCUT2D eigenvalue weighted by Gasteiger charge is 2.17. The van der Waals surface area contributed by atoms with Crippen LogP contribution in [0.2, 0.25) is 0 Å². The second kappa shape index (κ2) is 4.01. The molecule has 2 nitrogen and oxygen atoms in total. The van der Waals surface area contributed by atoms with Gasteiger partial charge < -0.3 is 10.1 Å². The van der Waals surface area contributed by atoms with E-state index in [4.69, 9.17) is 4.74 Å². The minimum absolute atomic E-state index is 0.532. The van der Waals surface area contributed by atoms with Crippen molar-refractivity contribution in [2.45, 2.75) is 25.8 Å². The molecule has 1 aromatic rings. The van der Waals surface area contributed by atoms with Crippen molar-refractivity contribution in [2.24, 2.45) is 0 Å². The normalized spacial score (nSPS) is 20.3. The van der Waals surface area contributed by atoms with Crippen molar-refractivity contribution in [3.8, 4) is 5.75 Å². The van der Waals surface area contributed by atoms with Crippen LogP contribution in [0.5, 0.6) is 5.75 Å². The predicted molar refractivity (Wildman–Crippen MR) is 57.7 cm³/mol. The summed E-state index contributed by atoms with van der Waals surface area (Å²) in [7, 11) is 1.72. The van der Waals surface area contributed by atoms with E-state index in [1.807, 2.05) is 0 Å². The Morgan fingerprint density at radius 3 is 3.07 bits per heavy atom. The maximum atomic E-state index is 5.23. The van der Waals surface area contributed by atoms with Crippen molar-refractivity contribution in [1.29, 1.82) is 0 Å². The van der Waals surface area contributed by atoms with Crippen LogP contribution in [0.25, 0.3) is 0 Å². The van der Waals surface area contributed by atoms with Gasteiger partial charge in [-0.05, 0) is 42.6 Å². The summed E-state index contributed by atoms with van der Waals surface area (Å²) in [6.45, 7) is 3.30. The lowest BCUT2D eigenvalue weighted by Gasteiger charge is -2.26. The van der Waals surface area contributed by atoms with E-state index in [-0.39, 0.29) is 0 Å². The third-order valence-electron chi connectivity index (χ3n) is 2.92. The molecule has 76 valence electrons. The van der Waals surface area contributed by atoms with Crippen LogP contribution in [0.15, 0.2) is 18.2 Å². The molecular weight excluding hydrogens is 174 g/mol. The molecule has 0 fully saturated rings. The van der Waals surface area contributed by atoms with Gasteiger partial charge in [0.1, 0.15) is 5.75 Å². The van der Waals surface area contributed by atoms with Crippen LogP contribution in [-0.2, 0) is 6.42 Å². The van der Waals surface area contributed by atoms with Crippen molar-refractivity contribution in [2.75, 3.05) is 13.7 Å². The zero-order valence-corrected chi connectivity index (χ0v) is 8.84. The quantitative estimate of drug-likeness (QED) is 0.774. The minimum atomic E-state index is 0.532. The van der Waals surface area contributed by atoms with Crippen molar-refractivity contribution in [3.63, 3.8) is 0 Å². The zero-order chi connectivity index (χ0) is 9.97. The van der Waals surface area contributed by atoms with Crippen LogP contribution in [0.3, 0.4) is 0 Å². The Labute approximate surface area is 85.3 Å². The topological polar surface area (TPSA) is 21.3 Å². The van der Waals surface area contributed by atoms with Gasteiger partial charge in [0.05, 0.1) is 7.11 Å². The number of benzene rings is 1. The van der Waals surface area contributed by atoms with E-state index in [0.29, 0.717) is 6.04 Å². The molecule has 2 rings (SSSR count). The molecule has 0 saturated carbocycles. The fourth-order valence-electron chi connectivity index (χ4n) is 2.12. The predicted octanol–water partition coefficient (Wildman–Crippen LogP) is 2.29. The zero-order valence-electron chi connectivity index (χ0n) is 8.84. The molecule has 0 spiro atoms. The molecule has 0 saturated heterocycles. The summed E-state index contributed by atoms with van der Waals surface area (Å²) in [4.78, 5) is 0. The molecule has 0 aliphatic carbocycles. The first-order valence-corrected chi connectivity index (χ1v) is 5.25. The Balaban J connectivity index is 2.35. The molecule has 1 unspecified atom stereocenters. The van der Waals surface area contributed by atoms with E-state index in [1.165, 1.54) is 11.1 Å². The lowest BCUT2D eigenvalue weighted by molar-refractivity contribution is 0.412. The van der Waals surface area contributed by atoms with Gasteiger partial charge in [0.2, 0.25) is 0 Å². The van der Waals surface area contributed by atoms with E-state index >= 15 is 0 Å². The van der Waals surface area contributed by atoms with E-state index in [1.54, 1.807) is 7.11 Å². The molecule has 0 radical (unpaired) electrons. The molecule has 14 heavy (non-hydrogen) atoms. The second-order valence-corrected chi connectivity index (χ2v) is 3.73. The van der Waals surface area contributed by atoms with Gasteiger partial charge in [-0.2, -0.15) is 0 Å². The first kappa shape index (κ1) is 9.53. The van der Waals surface area contributed by atoms with Crippen LogP contribution < -0.4 is 10.1 Å². The highest BCUT2D eigenvalue weighted by molar-refractivity contribution is 5.39. The highest BCUT2D eigenvalue weighted by Crippen LogP contribution is 2.28. The largest absolute Gasteiger partial charge is 0.497 e. The fraction of sp³-hybridized carbons (Fsp3) is 0.500. The van der Waals surface area contributed by atoms with Crippen LogP contribution in [0, 0.1) is 0 Å². The number of hydrogen-bond donors (Lipinski definition) is 1. The third-order valence-corrected chi connectivity index (χ3v) is 2.92. The first-order valence-electron chi connectivity index (χ1n) is 5.25. The molecular formula is C12H17NO. The highest BCUT2D eigenvalue weighted by atomic mass is 16.5. The van der Waals surface area contributed by atoms with Gasteiger partial charge >= 0.3 is 0 Å². The molecule has 1 N–H and O–H groups in total. The fourth-order valence-corrected chi connectivity index (χ4v) is 2.12. The van der Waals surface area contributed by atoms with Gasteiger partial charge in [-0.3, -0.25) is 0 Å². The second-order valence-electron chi connectivity index (χ2n) is 3.73. The summed E-state index contributed by atoms with van der Waals surface area (Å²) in [6, 6.07) is 6.94. The van der Waals surface area contributed by atoms with Gasteiger partial charge in [-0.25, -0.2) is 0 Å². The van der Waals surface area contributed by atoms with Crippen LogP contribution >= 0.6 is 0 Å². The van der Waals surface area contributed by atoms with Gasteiger partial charge in [-0.15, -0.1) is 0 Å². The van der Waals surface area contributed by atoms with Crippen LogP contribution in [-0.4, -0.2) is 13.7 Å². The molecule has 1 aromatic carbocycles. The molecule has 0 aromatic heterocycles. The number of ether oxygens (including phenoxy) is 1. The molecule has 2 heteroatoms. The first-order chi connectivity index (χ1) is 6.85. The Hall–Kier alpha value is -1.02. The summed E-state index contributed by atoms with van der Waals surface area (Å²) < 4.78 is 5.23. The van der Waals surface area contributed by atoms with E-state index < -0.39 is 0 Å². The summed E-state index contributed by atoms with van der Waals surface area (Å²) >= 11 is 0. The maximum absolute atomic E-state index is 5.23. The number of fused-ring (bicyclic) bond motifs is 1. The molecule has 1 aliphatic rings. The standard InChI is InChI=1S/C12H17NO/c1-3-12-11-5-4-10(14-2)8-9(11)6-7-13-12/h4-5,8,12-13H,3,6-7H2,1-2H3. The SMILES string of the molecule is CCC1NCCc2cc(OC)ccc21. The number of nitrogens with one attached hydrogen (secondary N) is 1. The van der Waals surface area contributed by atoms with Gasteiger partial charge in [0, 0.05) is 6.04 Å². The summed E-state index contributed by atoms with van der Waals surface area (Å²) in [5, 5.41) is 3.52. The summed E-state index contributed by atoms with van der Waals surface area (Å²) in [6.07, 6.45) is 2.27. The van der Waals surface area contributed by atoms with Crippen LogP contribution in [0.4, 0.5) is 0 Å². The number of methoxy groups -OCH3 is 1. The third kappa shape index (κ3) is 1.62. The maximum Gasteiger partial charge on any atom is 0.119 e. The van der Waals surface area contributed by atoms with E-state index in [0.717, 1.165) is 25.1 Å². The van der Waals surface area contributed by atoms with Gasteiger partial charge in [0.25, 0.3) is 0 Å². The lowest BCUT2D eigenvalue weighted by Crippen LogP contribution is -2.29. The average molecular weight is 191 g/mol. The average Bonchev–Trinajstić information content (AvgIpc) is 2.27. The van der Waals surface area contributed by atoms with Crippen molar-refractivity contribution < 1.29 is 4.74 Å². The summed E-state index contributed by atoms with van der Waals surface area (Å²) in [5.41, 5.74) is 2.88. The Bertz CT molecular complexity index is 322. The molecule has 1 aliphatic heterocycles. The minimum Gasteiger partial charge on any atom is -0.497 e. The number of rotatable bonds is 2.